The second-order valence-electron chi connectivity index (χ2n) is 5.42. The van der Waals surface area contributed by atoms with E-state index < -0.39 is 0 Å². The van der Waals surface area contributed by atoms with Crippen molar-refractivity contribution in [3.63, 3.8) is 0 Å². The van der Waals surface area contributed by atoms with Crippen LogP contribution in [0.4, 0.5) is 0 Å². The Morgan fingerprint density at radius 3 is 2.16 bits per heavy atom. The highest BCUT2D eigenvalue weighted by Crippen LogP contribution is 2.19. The molecule has 0 saturated carbocycles. The Balaban J connectivity index is 2.14. The van der Waals surface area contributed by atoms with Crippen molar-refractivity contribution in [3.8, 4) is 11.4 Å². The van der Waals surface area contributed by atoms with Crippen molar-refractivity contribution in [1.82, 2.24) is 20.4 Å². The second kappa shape index (κ2) is 5.22. The quantitative estimate of drug-likeness (QED) is 0.841. The molecule has 5 heteroatoms. The number of nitrogens with zero attached hydrogens (tertiary/aromatic N) is 4. The summed E-state index contributed by atoms with van der Waals surface area (Å²) in [4.78, 5) is 11.9. The summed E-state index contributed by atoms with van der Waals surface area (Å²) in [6.07, 6.45) is 1.73. The van der Waals surface area contributed by atoms with Gasteiger partial charge in [-0.3, -0.25) is 4.79 Å². The van der Waals surface area contributed by atoms with E-state index in [1.807, 2.05) is 45.0 Å². The first kappa shape index (κ1) is 13.3. The lowest BCUT2D eigenvalue weighted by molar-refractivity contribution is -0.125. The molecule has 0 aliphatic carbocycles. The van der Waals surface area contributed by atoms with E-state index in [9.17, 15) is 4.79 Å². The minimum atomic E-state index is -0.310. The van der Waals surface area contributed by atoms with Crippen LogP contribution in [-0.4, -0.2) is 26.2 Å². The largest absolute Gasteiger partial charge is 0.299 e. The van der Waals surface area contributed by atoms with Gasteiger partial charge in [0, 0.05) is 17.4 Å². The van der Waals surface area contributed by atoms with Crippen LogP contribution in [0.1, 0.15) is 26.3 Å². The highest BCUT2D eigenvalue weighted by atomic mass is 16.1. The monoisotopic (exact) mass is 256 g/mol. The second-order valence-corrected chi connectivity index (χ2v) is 5.42. The van der Waals surface area contributed by atoms with Gasteiger partial charge in [-0.2, -0.15) is 0 Å². The molecular weight excluding hydrogens is 240 g/mol. The predicted molar refractivity (Wildman–Crippen MR) is 71.2 cm³/mol. The van der Waals surface area contributed by atoms with Crippen molar-refractivity contribution in [3.05, 3.63) is 36.2 Å². The standard InChI is InChI=1S/C14H16N4O/c1-14(2,3)12(19)8-10-4-6-11(7-5-10)13-17-15-9-16-18-13/h4-7,9H,8H2,1-3H3. The molecule has 0 fully saturated rings. The Labute approximate surface area is 112 Å². The number of rotatable bonds is 3. The molecular formula is C14H16N4O. The molecule has 0 bridgehead atoms. The van der Waals surface area contributed by atoms with Crippen LogP contribution in [0.5, 0.6) is 0 Å². The molecule has 0 aliphatic rings. The summed E-state index contributed by atoms with van der Waals surface area (Å²) < 4.78 is 0. The predicted octanol–water partition coefficient (Wildman–Crippen LogP) is 2.09. The summed E-state index contributed by atoms with van der Waals surface area (Å²) in [5, 5.41) is 15.1. The van der Waals surface area contributed by atoms with Gasteiger partial charge >= 0.3 is 0 Å². The van der Waals surface area contributed by atoms with Crippen LogP contribution in [0.3, 0.4) is 0 Å². The molecule has 0 unspecified atom stereocenters. The average Bonchev–Trinajstić information content (AvgIpc) is 2.39. The lowest BCUT2D eigenvalue weighted by atomic mass is 9.87. The zero-order valence-electron chi connectivity index (χ0n) is 11.3. The third-order valence-electron chi connectivity index (χ3n) is 2.82. The Morgan fingerprint density at radius 1 is 1.05 bits per heavy atom. The van der Waals surface area contributed by atoms with Gasteiger partial charge in [0.25, 0.3) is 0 Å². The van der Waals surface area contributed by atoms with Crippen LogP contribution in [0.15, 0.2) is 30.6 Å². The van der Waals surface area contributed by atoms with Crippen LogP contribution in [0.2, 0.25) is 0 Å². The highest BCUT2D eigenvalue weighted by molar-refractivity contribution is 5.85. The van der Waals surface area contributed by atoms with E-state index in [2.05, 4.69) is 20.4 Å². The number of carbonyl (C=O) groups excluding carboxylic acids is 1. The number of benzene rings is 1. The molecule has 0 amide bonds. The SMILES string of the molecule is CC(C)(C)C(=O)Cc1ccc(-c2nncnn2)cc1. The summed E-state index contributed by atoms with van der Waals surface area (Å²) >= 11 is 0. The number of carbonyl (C=O) groups is 1. The van der Waals surface area contributed by atoms with Crippen molar-refractivity contribution >= 4 is 5.78 Å². The van der Waals surface area contributed by atoms with E-state index >= 15 is 0 Å². The highest BCUT2D eigenvalue weighted by Gasteiger charge is 2.20. The van der Waals surface area contributed by atoms with Crippen LogP contribution >= 0.6 is 0 Å². The number of aromatic nitrogens is 4. The van der Waals surface area contributed by atoms with E-state index in [4.69, 9.17) is 0 Å². The van der Waals surface area contributed by atoms with Gasteiger partial charge in [-0.25, -0.2) is 0 Å². The summed E-state index contributed by atoms with van der Waals surface area (Å²) in [6, 6.07) is 7.58. The van der Waals surface area contributed by atoms with Crippen LogP contribution < -0.4 is 0 Å². The molecule has 2 aromatic rings. The molecule has 5 nitrogen and oxygen atoms in total. The first-order chi connectivity index (χ1) is 8.97. The molecule has 0 aliphatic heterocycles. The van der Waals surface area contributed by atoms with Gasteiger partial charge in [-0.05, 0) is 5.56 Å². The van der Waals surface area contributed by atoms with Gasteiger partial charge < -0.3 is 0 Å². The Kier molecular flexibility index (Phi) is 3.64. The lowest BCUT2D eigenvalue weighted by Gasteiger charge is -2.16. The summed E-state index contributed by atoms with van der Waals surface area (Å²) in [5.41, 5.74) is 1.52. The molecule has 0 N–H and O–H groups in total. The van der Waals surface area contributed by atoms with E-state index in [1.165, 1.54) is 6.33 Å². The molecule has 0 radical (unpaired) electrons. The summed E-state index contributed by atoms with van der Waals surface area (Å²) in [6.45, 7) is 5.79. The maximum atomic E-state index is 11.9. The molecule has 1 heterocycles. The molecule has 1 aromatic heterocycles. The van der Waals surface area contributed by atoms with Crippen molar-refractivity contribution < 1.29 is 4.79 Å². The summed E-state index contributed by atoms with van der Waals surface area (Å²) in [5.74, 6) is 0.704. The molecule has 0 saturated heterocycles. The normalized spacial score (nSPS) is 11.3. The van der Waals surface area contributed by atoms with E-state index in [0.717, 1.165) is 11.1 Å². The zero-order chi connectivity index (χ0) is 13.9. The van der Waals surface area contributed by atoms with Crippen LogP contribution in [-0.2, 0) is 11.2 Å². The number of ketones is 1. The van der Waals surface area contributed by atoms with Gasteiger partial charge in [0.05, 0.1) is 0 Å². The fourth-order valence-corrected chi connectivity index (χ4v) is 1.54. The lowest BCUT2D eigenvalue weighted by Crippen LogP contribution is -2.21. The molecule has 19 heavy (non-hydrogen) atoms. The minimum absolute atomic E-state index is 0.222. The van der Waals surface area contributed by atoms with Crippen molar-refractivity contribution in [1.29, 1.82) is 0 Å². The Hall–Kier alpha value is -2.17. The fourth-order valence-electron chi connectivity index (χ4n) is 1.54. The fraction of sp³-hybridized carbons (Fsp3) is 0.357. The minimum Gasteiger partial charge on any atom is -0.299 e. The average molecular weight is 256 g/mol. The molecule has 0 atom stereocenters. The third kappa shape index (κ3) is 3.40. The Morgan fingerprint density at radius 2 is 1.63 bits per heavy atom. The first-order valence-electron chi connectivity index (χ1n) is 6.10. The number of hydrogen-bond donors (Lipinski definition) is 0. The summed E-state index contributed by atoms with van der Waals surface area (Å²) in [7, 11) is 0. The van der Waals surface area contributed by atoms with E-state index in [1.54, 1.807) is 0 Å². The third-order valence-corrected chi connectivity index (χ3v) is 2.82. The maximum absolute atomic E-state index is 11.9. The van der Waals surface area contributed by atoms with Crippen molar-refractivity contribution in [2.45, 2.75) is 27.2 Å². The van der Waals surface area contributed by atoms with Crippen molar-refractivity contribution in [2.24, 2.45) is 5.41 Å². The molecule has 0 spiro atoms. The number of Topliss-reactive ketones (excluding diaryl/α,β-unsaturated/α-hetero) is 1. The van der Waals surface area contributed by atoms with Gasteiger partial charge in [-0.1, -0.05) is 45.0 Å². The van der Waals surface area contributed by atoms with Gasteiger partial charge in [0.15, 0.2) is 6.33 Å². The maximum Gasteiger partial charge on any atom is 0.203 e. The Bertz CT molecular complexity index is 558. The number of hydrogen-bond acceptors (Lipinski definition) is 5. The molecule has 98 valence electrons. The van der Waals surface area contributed by atoms with E-state index in [0.29, 0.717) is 12.2 Å². The van der Waals surface area contributed by atoms with Crippen LogP contribution in [0, 0.1) is 5.41 Å². The topological polar surface area (TPSA) is 68.6 Å². The smallest absolute Gasteiger partial charge is 0.203 e. The molecule has 1 aromatic carbocycles. The van der Waals surface area contributed by atoms with Gasteiger partial charge in [0.2, 0.25) is 5.82 Å². The van der Waals surface area contributed by atoms with Crippen molar-refractivity contribution in [2.75, 3.05) is 0 Å². The van der Waals surface area contributed by atoms with Crippen LogP contribution in [0.25, 0.3) is 11.4 Å². The van der Waals surface area contributed by atoms with Gasteiger partial charge in [-0.15, -0.1) is 20.4 Å². The van der Waals surface area contributed by atoms with Gasteiger partial charge in [0.1, 0.15) is 5.78 Å². The molecule has 2 rings (SSSR count). The first-order valence-corrected chi connectivity index (χ1v) is 6.10. The zero-order valence-corrected chi connectivity index (χ0v) is 11.3. The van der Waals surface area contributed by atoms with E-state index in [-0.39, 0.29) is 11.2 Å².